The molecule has 0 aliphatic heterocycles. The van der Waals surface area contributed by atoms with Gasteiger partial charge in [-0.25, -0.2) is 4.39 Å². The van der Waals surface area contributed by atoms with Crippen molar-refractivity contribution < 1.29 is 9.13 Å². The number of hydrogen-bond acceptors (Lipinski definition) is 2. The maximum Gasteiger partial charge on any atom is 0.129 e. The van der Waals surface area contributed by atoms with Crippen molar-refractivity contribution >= 4 is 11.6 Å². The Morgan fingerprint density at radius 1 is 1.20 bits per heavy atom. The van der Waals surface area contributed by atoms with Crippen molar-refractivity contribution in [3.05, 3.63) is 64.4 Å². The predicted octanol–water partition coefficient (Wildman–Crippen LogP) is 3.95. The van der Waals surface area contributed by atoms with Crippen molar-refractivity contribution in [2.45, 2.75) is 26.0 Å². The molecule has 2 aromatic rings. The standard InChI is InChI=1S/C16H17ClFNO/c1-11(19)8-12-4-2-3-5-16(12)20-10-13-9-14(17)6-7-15(13)18/h2-7,9,11H,8,10,19H2,1H3. The monoisotopic (exact) mass is 293 g/mol. The Kier molecular flexibility index (Phi) is 4.99. The van der Waals surface area contributed by atoms with Gasteiger partial charge in [-0.2, -0.15) is 0 Å². The van der Waals surface area contributed by atoms with Gasteiger partial charge < -0.3 is 10.5 Å². The van der Waals surface area contributed by atoms with E-state index in [-0.39, 0.29) is 18.5 Å². The van der Waals surface area contributed by atoms with Crippen molar-refractivity contribution in [3.8, 4) is 5.75 Å². The van der Waals surface area contributed by atoms with Crippen molar-refractivity contribution in [1.29, 1.82) is 0 Å². The molecule has 2 N–H and O–H groups in total. The molecule has 0 saturated heterocycles. The van der Waals surface area contributed by atoms with Gasteiger partial charge in [0.25, 0.3) is 0 Å². The Morgan fingerprint density at radius 2 is 1.95 bits per heavy atom. The lowest BCUT2D eigenvalue weighted by Crippen LogP contribution is -2.18. The fourth-order valence-electron chi connectivity index (χ4n) is 1.97. The first-order chi connectivity index (χ1) is 9.56. The first kappa shape index (κ1) is 14.8. The van der Waals surface area contributed by atoms with Gasteiger partial charge in [-0.1, -0.05) is 29.8 Å². The predicted molar refractivity (Wildman–Crippen MR) is 79.5 cm³/mol. The van der Waals surface area contributed by atoms with Gasteiger partial charge in [0.15, 0.2) is 0 Å². The van der Waals surface area contributed by atoms with Crippen LogP contribution in [0.1, 0.15) is 18.1 Å². The molecular formula is C16H17ClFNO. The minimum Gasteiger partial charge on any atom is -0.489 e. The van der Waals surface area contributed by atoms with Crippen molar-refractivity contribution in [2.75, 3.05) is 0 Å². The molecule has 0 amide bonds. The van der Waals surface area contributed by atoms with E-state index in [9.17, 15) is 4.39 Å². The second kappa shape index (κ2) is 6.73. The summed E-state index contributed by atoms with van der Waals surface area (Å²) < 4.78 is 19.3. The average Bonchev–Trinajstić information content (AvgIpc) is 2.41. The molecule has 2 nitrogen and oxygen atoms in total. The molecule has 0 radical (unpaired) electrons. The van der Waals surface area contributed by atoms with E-state index >= 15 is 0 Å². The SMILES string of the molecule is CC(N)Cc1ccccc1OCc1cc(Cl)ccc1F. The molecule has 4 heteroatoms. The van der Waals surface area contributed by atoms with Crippen molar-refractivity contribution in [2.24, 2.45) is 5.73 Å². The number of para-hydroxylation sites is 1. The molecule has 2 aromatic carbocycles. The third-order valence-electron chi connectivity index (χ3n) is 2.91. The van der Waals surface area contributed by atoms with Crippen molar-refractivity contribution in [1.82, 2.24) is 0 Å². The Morgan fingerprint density at radius 3 is 2.70 bits per heavy atom. The zero-order valence-electron chi connectivity index (χ0n) is 11.3. The Hall–Kier alpha value is -1.58. The number of benzene rings is 2. The lowest BCUT2D eigenvalue weighted by molar-refractivity contribution is 0.296. The molecular weight excluding hydrogens is 277 g/mol. The zero-order chi connectivity index (χ0) is 14.5. The van der Waals surface area contributed by atoms with Crippen LogP contribution in [0.15, 0.2) is 42.5 Å². The molecule has 0 saturated carbocycles. The molecule has 0 bridgehead atoms. The molecule has 1 unspecified atom stereocenters. The minimum atomic E-state index is -0.320. The van der Waals surface area contributed by atoms with E-state index in [0.29, 0.717) is 17.0 Å². The van der Waals surface area contributed by atoms with E-state index in [1.807, 2.05) is 31.2 Å². The third kappa shape index (κ3) is 3.95. The van der Waals surface area contributed by atoms with Crippen LogP contribution in [0.3, 0.4) is 0 Å². The molecule has 0 fully saturated rings. The maximum absolute atomic E-state index is 13.6. The van der Waals surface area contributed by atoms with Crippen LogP contribution in [0.5, 0.6) is 5.75 Å². The molecule has 2 rings (SSSR count). The molecule has 0 spiro atoms. The summed E-state index contributed by atoms with van der Waals surface area (Å²) >= 11 is 5.86. The van der Waals surface area contributed by atoms with E-state index < -0.39 is 0 Å². The summed E-state index contributed by atoms with van der Waals surface area (Å²) in [5.41, 5.74) is 7.27. The van der Waals surface area contributed by atoms with E-state index in [4.69, 9.17) is 22.1 Å². The second-order valence-electron chi connectivity index (χ2n) is 4.81. The number of rotatable bonds is 5. The Bertz CT molecular complexity index is 586. The van der Waals surface area contributed by atoms with Gasteiger partial charge in [0.05, 0.1) is 0 Å². The van der Waals surface area contributed by atoms with Gasteiger partial charge in [-0.15, -0.1) is 0 Å². The largest absolute Gasteiger partial charge is 0.489 e. The van der Waals surface area contributed by atoms with Crippen LogP contribution >= 0.6 is 11.6 Å². The number of ether oxygens (including phenoxy) is 1. The first-order valence-electron chi connectivity index (χ1n) is 6.46. The molecule has 0 aliphatic carbocycles. The lowest BCUT2D eigenvalue weighted by Gasteiger charge is -2.13. The van der Waals surface area contributed by atoms with Crippen LogP contribution < -0.4 is 10.5 Å². The van der Waals surface area contributed by atoms with Gasteiger partial charge in [-0.3, -0.25) is 0 Å². The topological polar surface area (TPSA) is 35.2 Å². The highest BCUT2D eigenvalue weighted by Crippen LogP contribution is 2.22. The highest BCUT2D eigenvalue weighted by atomic mass is 35.5. The van der Waals surface area contributed by atoms with Crippen LogP contribution in [0.2, 0.25) is 5.02 Å². The summed E-state index contributed by atoms with van der Waals surface area (Å²) in [5, 5.41) is 0.494. The molecule has 0 aromatic heterocycles. The van der Waals surface area contributed by atoms with Crippen LogP contribution in [0.25, 0.3) is 0 Å². The third-order valence-corrected chi connectivity index (χ3v) is 3.14. The van der Waals surface area contributed by atoms with Gasteiger partial charge in [0, 0.05) is 16.6 Å². The van der Waals surface area contributed by atoms with Gasteiger partial charge in [-0.05, 0) is 43.2 Å². The fraction of sp³-hybridized carbons (Fsp3) is 0.250. The van der Waals surface area contributed by atoms with Gasteiger partial charge in [0.2, 0.25) is 0 Å². The number of nitrogens with two attached hydrogens (primary N) is 1. The Balaban J connectivity index is 2.12. The highest BCUT2D eigenvalue weighted by Gasteiger charge is 2.08. The summed E-state index contributed by atoms with van der Waals surface area (Å²) in [6.45, 7) is 2.08. The van der Waals surface area contributed by atoms with Gasteiger partial charge >= 0.3 is 0 Å². The molecule has 0 heterocycles. The Labute approximate surface area is 123 Å². The van der Waals surface area contributed by atoms with E-state index in [1.165, 1.54) is 12.1 Å². The summed E-state index contributed by atoms with van der Waals surface area (Å²) in [7, 11) is 0. The average molecular weight is 294 g/mol. The lowest BCUT2D eigenvalue weighted by atomic mass is 10.1. The zero-order valence-corrected chi connectivity index (χ0v) is 12.0. The summed E-state index contributed by atoms with van der Waals surface area (Å²) in [5.74, 6) is 0.406. The van der Waals surface area contributed by atoms with Crippen molar-refractivity contribution in [3.63, 3.8) is 0 Å². The van der Waals surface area contributed by atoms with Gasteiger partial charge in [0.1, 0.15) is 18.2 Å². The van der Waals surface area contributed by atoms with Crippen LogP contribution in [-0.2, 0) is 13.0 Å². The smallest absolute Gasteiger partial charge is 0.129 e. The number of hydrogen-bond donors (Lipinski definition) is 1. The fourth-order valence-corrected chi connectivity index (χ4v) is 2.16. The quantitative estimate of drug-likeness (QED) is 0.906. The summed E-state index contributed by atoms with van der Waals surface area (Å²) in [4.78, 5) is 0. The maximum atomic E-state index is 13.6. The van der Waals surface area contributed by atoms with Crippen LogP contribution in [0.4, 0.5) is 4.39 Å². The molecule has 20 heavy (non-hydrogen) atoms. The highest BCUT2D eigenvalue weighted by molar-refractivity contribution is 6.30. The molecule has 1 atom stereocenters. The molecule has 106 valence electrons. The second-order valence-corrected chi connectivity index (χ2v) is 5.25. The van der Waals surface area contributed by atoms with Crippen LogP contribution in [-0.4, -0.2) is 6.04 Å². The normalized spacial score (nSPS) is 12.2. The van der Waals surface area contributed by atoms with E-state index in [1.54, 1.807) is 6.07 Å². The molecule has 0 aliphatic rings. The number of halogens is 2. The summed E-state index contributed by atoms with van der Waals surface area (Å²) in [6.07, 6.45) is 0.716. The van der Waals surface area contributed by atoms with E-state index in [2.05, 4.69) is 0 Å². The first-order valence-corrected chi connectivity index (χ1v) is 6.84. The van der Waals surface area contributed by atoms with Crippen LogP contribution in [0, 0.1) is 5.82 Å². The summed E-state index contributed by atoms with van der Waals surface area (Å²) in [6, 6.07) is 12.1. The van der Waals surface area contributed by atoms with E-state index in [0.717, 1.165) is 11.3 Å². The minimum absolute atomic E-state index is 0.0441.